The van der Waals surface area contributed by atoms with Gasteiger partial charge in [-0.2, -0.15) is 10.1 Å². The zero-order valence-electron chi connectivity index (χ0n) is 16.3. The maximum Gasteiger partial charge on any atom is 0.249 e. The Morgan fingerprint density at radius 1 is 0.929 bits per heavy atom. The first-order valence-electron chi connectivity index (χ1n) is 8.72. The average Bonchev–Trinajstić information content (AvgIpc) is 2.73. The van der Waals surface area contributed by atoms with Gasteiger partial charge in [0.25, 0.3) is 0 Å². The largest absolute Gasteiger partial charge is 0.493 e. The van der Waals surface area contributed by atoms with E-state index in [1.54, 1.807) is 39.7 Å². The molecular formula is C20H23N5O3. The van der Waals surface area contributed by atoms with Crippen molar-refractivity contribution >= 4 is 17.5 Å². The van der Waals surface area contributed by atoms with Gasteiger partial charge < -0.3 is 24.8 Å². The van der Waals surface area contributed by atoms with Gasteiger partial charge in [0, 0.05) is 23.9 Å². The van der Waals surface area contributed by atoms with Crippen LogP contribution in [0, 0.1) is 0 Å². The average molecular weight is 381 g/mol. The van der Waals surface area contributed by atoms with Gasteiger partial charge in [-0.1, -0.05) is 30.3 Å². The summed E-state index contributed by atoms with van der Waals surface area (Å²) < 4.78 is 16.1. The van der Waals surface area contributed by atoms with Crippen molar-refractivity contribution < 1.29 is 14.2 Å². The van der Waals surface area contributed by atoms with Crippen molar-refractivity contribution in [1.82, 2.24) is 15.2 Å². The van der Waals surface area contributed by atoms with Gasteiger partial charge in [0.15, 0.2) is 17.3 Å². The molecule has 0 bridgehead atoms. The molecule has 28 heavy (non-hydrogen) atoms. The first-order valence-corrected chi connectivity index (χ1v) is 8.72. The summed E-state index contributed by atoms with van der Waals surface area (Å²) >= 11 is 0. The molecule has 0 saturated heterocycles. The zero-order chi connectivity index (χ0) is 19.9. The summed E-state index contributed by atoms with van der Waals surface area (Å²) in [5.74, 6) is 2.54. The zero-order valence-corrected chi connectivity index (χ0v) is 16.3. The van der Waals surface area contributed by atoms with Gasteiger partial charge in [-0.15, -0.1) is 5.10 Å². The molecule has 1 aromatic heterocycles. The molecule has 1 atom stereocenters. The van der Waals surface area contributed by atoms with Crippen molar-refractivity contribution in [1.29, 1.82) is 0 Å². The highest BCUT2D eigenvalue weighted by Crippen LogP contribution is 2.40. The Kier molecular flexibility index (Phi) is 6.11. The number of hydrogen-bond donors (Lipinski definition) is 2. The Morgan fingerprint density at radius 3 is 2.21 bits per heavy atom. The van der Waals surface area contributed by atoms with E-state index in [2.05, 4.69) is 44.9 Å². The fourth-order valence-corrected chi connectivity index (χ4v) is 2.76. The molecule has 1 heterocycles. The van der Waals surface area contributed by atoms with Crippen molar-refractivity contribution in [3.8, 4) is 17.2 Å². The van der Waals surface area contributed by atoms with Crippen LogP contribution in [-0.2, 0) is 0 Å². The number of methoxy groups -OCH3 is 3. The van der Waals surface area contributed by atoms with Crippen LogP contribution in [0.1, 0.15) is 18.5 Å². The second kappa shape index (κ2) is 8.90. The minimum atomic E-state index is 0.0759. The second-order valence-electron chi connectivity index (χ2n) is 5.98. The summed E-state index contributed by atoms with van der Waals surface area (Å²) in [4.78, 5) is 4.48. The van der Waals surface area contributed by atoms with Crippen molar-refractivity contribution in [3.63, 3.8) is 0 Å². The topological polar surface area (TPSA) is 90.4 Å². The Morgan fingerprint density at radius 2 is 1.61 bits per heavy atom. The van der Waals surface area contributed by atoms with Crippen molar-refractivity contribution in [2.75, 3.05) is 32.0 Å². The summed E-state index contributed by atoms with van der Waals surface area (Å²) in [6, 6.07) is 13.7. The number of ether oxygens (including phenoxy) is 3. The maximum absolute atomic E-state index is 5.37. The number of benzene rings is 2. The number of hydrogen-bond acceptors (Lipinski definition) is 8. The summed E-state index contributed by atoms with van der Waals surface area (Å²) in [5, 5.41) is 14.5. The first-order chi connectivity index (χ1) is 13.6. The molecule has 0 amide bonds. The predicted molar refractivity (Wildman–Crippen MR) is 108 cm³/mol. The van der Waals surface area contributed by atoms with Crippen LogP contribution in [0.15, 0.2) is 48.7 Å². The minimum absolute atomic E-state index is 0.0759. The molecule has 3 rings (SSSR count). The van der Waals surface area contributed by atoms with Gasteiger partial charge in [-0.25, -0.2) is 0 Å². The lowest BCUT2D eigenvalue weighted by atomic mass is 10.1. The highest BCUT2D eigenvalue weighted by molar-refractivity contribution is 5.65. The molecule has 8 nitrogen and oxygen atoms in total. The molecule has 3 aromatic rings. The Labute approximate surface area is 163 Å². The monoisotopic (exact) mass is 381 g/mol. The number of aromatic nitrogens is 3. The van der Waals surface area contributed by atoms with Crippen molar-refractivity contribution in [3.05, 3.63) is 54.2 Å². The molecule has 0 aliphatic rings. The van der Waals surface area contributed by atoms with Gasteiger partial charge >= 0.3 is 0 Å². The Balaban J connectivity index is 1.79. The predicted octanol–water partition coefficient (Wildman–Crippen LogP) is 3.81. The molecule has 8 heteroatoms. The lowest BCUT2D eigenvalue weighted by Crippen LogP contribution is -2.10. The highest BCUT2D eigenvalue weighted by Gasteiger charge is 2.14. The van der Waals surface area contributed by atoms with Crippen LogP contribution in [-0.4, -0.2) is 36.5 Å². The molecule has 0 aliphatic carbocycles. The quantitative estimate of drug-likeness (QED) is 0.609. The molecule has 146 valence electrons. The van der Waals surface area contributed by atoms with E-state index in [0.29, 0.717) is 34.7 Å². The van der Waals surface area contributed by atoms with Gasteiger partial charge in [-0.3, -0.25) is 0 Å². The molecule has 0 spiro atoms. The summed E-state index contributed by atoms with van der Waals surface area (Å²) in [6.45, 7) is 2.06. The minimum Gasteiger partial charge on any atom is -0.493 e. The van der Waals surface area contributed by atoms with E-state index >= 15 is 0 Å². The van der Waals surface area contributed by atoms with Gasteiger partial charge in [0.2, 0.25) is 11.7 Å². The van der Waals surface area contributed by atoms with Crippen LogP contribution in [0.4, 0.5) is 17.5 Å². The lowest BCUT2D eigenvalue weighted by molar-refractivity contribution is 0.324. The summed E-state index contributed by atoms with van der Waals surface area (Å²) in [7, 11) is 4.69. The molecule has 0 saturated carbocycles. The molecule has 1 unspecified atom stereocenters. The lowest BCUT2D eigenvalue weighted by Gasteiger charge is -2.16. The molecular weight excluding hydrogens is 358 g/mol. The van der Waals surface area contributed by atoms with Crippen LogP contribution in [0.3, 0.4) is 0 Å². The van der Waals surface area contributed by atoms with Crippen LogP contribution in [0.5, 0.6) is 17.2 Å². The van der Waals surface area contributed by atoms with Gasteiger partial charge in [-0.05, 0) is 12.5 Å². The third kappa shape index (κ3) is 4.40. The Hall–Kier alpha value is -3.55. The summed E-state index contributed by atoms with van der Waals surface area (Å²) in [6.07, 6.45) is 1.58. The van der Waals surface area contributed by atoms with Crippen LogP contribution < -0.4 is 24.8 Å². The second-order valence-corrected chi connectivity index (χ2v) is 5.98. The van der Waals surface area contributed by atoms with E-state index in [1.807, 2.05) is 18.2 Å². The molecule has 0 aliphatic heterocycles. The van der Waals surface area contributed by atoms with Crippen molar-refractivity contribution in [2.45, 2.75) is 13.0 Å². The normalized spacial score (nSPS) is 11.4. The number of nitrogens with one attached hydrogen (secondary N) is 2. The number of anilines is 3. The fraction of sp³-hybridized carbons (Fsp3) is 0.250. The van der Waals surface area contributed by atoms with Crippen molar-refractivity contribution in [2.24, 2.45) is 0 Å². The van der Waals surface area contributed by atoms with E-state index in [-0.39, 0.29) is 6.04 Å². The fourth-order valence-electron chi connectivity index (χ4n) is 2.76. The Bertz CT molecular complexity index is 896. The van der Waals surface area contributed by atoms with Gasteiger partial charge in [0.05, 0.1) is 27.5 Å². The van der Waals surface area contributed by atoms with E-state index in [9.17, 15) is 0 Å². The standard InChI is InChI=1S/C20H23N5O3/c1-13(14-8-6-5-7-9-14)22-18-12-21-25-20(24-18)23-15-10-16(26-2)19(28-4)17(11-15)27-3/h5-13H,1-4H3,(H2,22,23,24,25). The van der Waals surface area contributed by atoms with Crippen LogP contribution in [0.25, 0.3) is 0 Å². The first kappa shape index (κ1) is 19.2. The van der Waals surface area contributed by atoms with Gasteiger partial charge in [0.1, 0.15) is 0 Å². The van der Waals surface area contributed by atoms with E-state index < -0.39 is 0 Å². The van der Waals surface area contributed by atoms with E-state index in [1.165, 1.54) is 0 Å². The van der Waals surface area contributed by atoms with E-state index in [4.69, 9.17) is 14.2 Å². The highest BCUT2D eigenvalue weighted by atomic mass is 16.5. The molecule has 2 aromatic carbocycles. The maximum atomic E-state index is 5.37. The molecule has 2 N–H and O–H groups in total. The SMILES string of the molecule is COc1cc(Nc2nncc(NC(C)c3ccccc3)n2)cc(OC)c1OC. The molecule has 0 fully saturated rings. The van der Waals surface area contributed by atoms with E-state index in [0.717, 1.165) is 5.56 Å². The number of nitrogens with zero attached hydrogens (tertiary/aromatic N) is 3. The smallest absolute Gasteiger partial charge is 0.249 e. The van der Waals surface area contributed by atoms with Crippen LogP contribution >= 0.6 is 0 Å². The third-order valence-corrected chi connectivity index (χ3v) is 4.14. The third-order valence-electron chi connectivity index (χ3n) is 4.14. The summed E-state index contributed by atoms with van der Waals surface area (Å²) in [5.41, 5.74) is 1.84. The molecule has 0 radical (unpaired) electrons. The number of rotatable bonds is 8. The van der Waals surface area contributed by atoms with Crippen LogP contribution in [0.2, 0.25) is 0 Å².